The van der Waals surface area contributed by atoms with Crippen LogP contribution >= 0.6 is 0 Å². The van der Waals surface area contributed by atoms with Crippen LogP contribution in [0, 0.1) is 11.3 Å². The fourth-order valence-corrected chi connectivity index (χ4v) is 5.14. The monoisotopic (exact) mass is 294 g/mol. The Morgan fingerprint density at radius 3 is 2.48 bits per heavy atom. The highest BCUT2D eigenvalue weighted by atomic mass is 16.6. The van der Waals surface area contributed by atoms with Crippen molar-refractivity contribution in [2.75, 3.05) is 7.11 Å². The van der Waals surface area contributed by atoms with Crippen LogP contribution < -0.4 is 0 Å². The van der Waals surface area contributed by atoms with Crippen LogP contribution in [0.25, 0.3) is 0 Å². The SMILES string of the molecule is C=C(C)C(=O)OC12CC3CC(O)(C1)CC(C(=O)OC)(C3)C2. The quantitative estimate of drug-likeness (QED) is 0.634. The lowest BCUT2D eigenvalue weighted by Crippen LogP contribution is -2.66. The van der Waals surface area contributed by atoms with E-state index in [-0.39, 0.29) is 11.9 Å². The highest BCUT2D eigenvalue weighted by molar-refractivity contribution is 5.87. The molecule has 0 aromatic carbocycles. The lowest BCUT2D eigenvalue weighted by atomic mass is 9.46. The Kier molecular flexibility index (Phi) is 3.00. The zero-order valence-electron chi connectivity index (χ0n) is 12.6. The molecular formula is C16H22O5. The summed E-state index contributed by atoms with van der Waals surface area (Å²) < 4.78 is 10.7. The molecule has 4 atom stereocenters. The Hall–Kier alpha value is -1.36. The second-order valence-corrected chi connectivity index (χ2v) is 7.36. The van der Waals surface area contributed by atoms with Crippen molar-refractivity contribution >= 4 is 11.9 Å². The van der Waals surface area contributed by atoms with Gasteiger partial charge in [-0.05, 0) is 38.5 Å². The number of ether oxygens (including phenoxy) is 2. The molecule has 0 saturated heterocycles. The first-order chi connectivity index (χ1) is 9.72. The third-order valence-corrected chi connectivity index (χ3v) is 5.26. The van der Waals surface area contributed by atoms with Crippen LogP contribution in [0.3, 0.4) is 0 Å². The molecule has 0 heterocycles. The molecule has 4 rings (SSSR count). The molecule has 0 aromatic rings. The van der Waals surface area contributed by atoms with Crippen molar-refractivity contribution < 1.29 is 24.2 Å². The fourth-order valence-electron chi connectivity index (χ4n) is 5.14. The van der Waals surface area contributed by atoms with Gasteiger partial charge in [0.15, 0.2) is 0 Å². The number of aliphatic hydroxyl groups is 1. The zero-order valence-corrected chi connectivity index (χ0v) is 12.6. The first-order valence-corrected chi connectivity index (χ1v) is 7.41. The standard InChI is InChI=1S/C16H22O5/c1-10(2)12(17)21-16-6-11-4-14(8-16,13(18)20-3)7-15(19,5-11)9-16/h11,19H,1,4-9H2,2-3H3. The minimum Gasteiger partial charge on any atom is -0.469 e. The van der Waals surface area contributed by atoms with E-state index < -0.39 is 22.6 Å². The maximum Gasteiger partial charge on any atom is 0.333 e. The summed E-state index contributed by atoms with van der Waals surface area (Å²) in [5.74, 6) is -0.537. The van der Waals surface area contributed by atoms with Crippen LogP contribution in [-0.2, 0) is 19.1 Å². The number of carbonyl (C=O) groups excluding carboxylic acids is 2. The van der Waals surface area contributed by atoms with Gasteiger partial charge in [0, 0.05) is 18.4 Å². The highest BCUT2D eigenvalue weighted by Gasteiger charge is 2.67. The van der Waals surface area contributed by atoms with Crippen LogP contribution in [0.2, 0.25) is 0 Å². The molecule has 5 nitrogen and oxygen atoms in total. The Morgan fingerprint density at radius 1 is 1.19 bits per heavy atom. The van der Waals surface area contributed by atoms with Gasteiger partial charge in [-0.2, -0.15) is 0 Å². The van der Waals surface area contributed by atoms with Crippen LogP contribution in [0.1, 0.15) is 45.4 Å². The largest absolute Gasteiger partial charge is 0.469 e. The molecule has 4 aliphatic carbocycles. The van der Waals surface area contributed by atoms with E-state index in [1.54, 1.807) is 6.92 Å². The maximum absolute atomic E-state index is 12.3. The van der Waals surface area contributed by atoms with E-state index in [2.05, 4.69) is 6.58 Å². The zero-order chi connectivity index (χ0) is 15.5. The summed E-state index contributed by atoms with van der Waals surface area (Å²) in [4.78, 5) is 24.2. The number of esters is 2. The van der Waals surface area contributed by atoms with Gasteiger partial charge in [0.25, 0.3) is 0 Å². The van der Waals surface area contributed by atoms with Gasteiger partial charge in [0.1, 0.15) is 5.60 Å². The van der Waals surface area contributed by atoms with Gasteiger partial charge >= 0.3 is 11.9 Å². The first-order valence-electron chi connectivity index (χ1n) is 7.41. The molecule has 1 N–H and O–H groups in total. The molecule has 4 bridgehead atoms. The third-order valence-electron chi connectivity index (χ3n) is 5.26. The molecule has 21 heavy (non-hydrogen) atoms. The fraction of sp³-hybridized carbons (Fsp3) is 0.750. The van der Waals surface area contributed by atoms with Crippen molar-refractivity contribution in [1.29, 1.82) is 0 Å². The van der Waals surface area contributed by atoms with Crippen LogP contribution in [0.15, 0.2) is 12.2 Å². The number of hydrogen-bond donors (Lipinski definition) is 1. The number of carbonyl (C=O) groups is 2. The number of hydrogen-bond acceptors (Lipinski definition) is 5. The summed E-state index contributed by atoms with van der Waals surface area (Å²) in [6.45, 7) is 5.22. The van der Waals surface area contributed by atoms with E-state index in [0.29, 0.717) is 44.1 Å². The number of rotatable bonds is 3. The minimum absolute atomic E-state index is 0.197. The van der Waals surface area contributed by atoms with Gasteiger partial charge in [-0.25, -0.2) is 4.79 Å². The predicted octanol–water partition coefficient (Wildman–Crippen LogP) is 1.73. The van der Waals surface area contributed by atoms with Crippen molar-refractivity contribution in [2.24, 2.45) is 11.3 Å². The molecule has 4 aliphatic rings. The molecular weight excluding hydrogens is 272 g/mol. The van der Waals surface area contributed by atoms with Crippen LogP contribution in [0.4, 0.5) is 0 Å². The Balaban J connectivity index is 1.95. The lowest BCUT2D eigenvalue weighted by Gasteiger charge is -2.62. The molecule has 4 fully saturated rings. The molecule has 0 spiro atoms. The van der Waals surface area contributed by atoms with E-state index in [4.69, 9.17) is 9.47 Å². The maximum atomic E-state index is 12.3. The van der Waals surface area contributed by atoms with Crippen molar-refractivity contribution in [3.63, 3.8) is 0 Å². The van der Waals surface area contributed by atoms with Crippen LogP contribution in [-0.4, -0.2) is 35.4 Å². The average molecular weight is 294 g/mol. The topological polar surface area (TPSA) is 72.8 Å². The summed E-state index contributed by atoms with van der Waals surface area (Å²) in [6.07, 6.45) is 3.38. The summed E-state index contributed by atoms with van der Waals surface area (Å²) in [6, 6.07) is 0. The molecule has 116 valence electrons. The molecule has 0 amide bonds. The molecule has 0 radical (unpaired) electrons. The van der Waals surface area contributed by atoms with Crippen molar-refractivity contribution in [2.45, 2.75) is 56.7 Å². The van der Waals surface area contributed by atoms with Gasteiger partial charge in [0.05, 0.1) is 18.1 Å². The molecule has 0 aromatic heterocycles. The van der Waals surface area contributed by atoms with Crippen molar-refractivity contribution in [1.82, 2.24) is 0 Å². The Bertz CT molecular complexity index is 527. The first kappa shape index (κ1) is 14.6. The van der Waals surface area contributed by atoms with Crippen molar-refractivity contribution in [3.05, 3.63) is 12.2 Å². The smallest absolute Gasteiger partial charge is 0.333 e. The second-order valence-electron chi connectivity index (χ2n) is 7.36. The summed E-state index contributed by atoms with van der Waals surface area (Å²) >= 11 is 0. The molecule has 4 saturated carbocycles. The third kappa shape index (κ3) is 2.18. The summed E-state index contributed by atoms with van der Waals surface area (Å²) in [5, 5.41) is 10.8. The van der Waals surface area contributed by atoms with Gasteiger partial charge in [-0.15, -0.1) is 0 Å². The van der Waals surface area contributed by atoms with Gasteiger partial charge in [-0.3, -0.25) is 4.79 Å². The number of methoxy groups -OCH3 is 1. The predicted molar refractivity (Wildman–Crippen MR) is 74.2 cm³/mol. The normalized spacial score (nSPS) is 43.5. The van der Waals surface area contributed by atoms with Gasteiger partial charge in [-0.1, -0.05) is 6.58 Å². The Labute approximate surface area is 124 Å². The lowest BCUT2D eigenvalue weighted by molar-refractivity contribution is -0.244. The van der Waals surface area contributed by atoms with Gasteiger partial charge in [0.2, 0.25) is 0 Å². The molecule has 4 unspecified atom stereocenters. The van der Waals surface area contributed by atoms with E-state index in [0.717, 1.165) is 0 Å². The van der Waals surface area contributed by atoms with E-state index in [9.17, 15) is 14.7 Å². The summed E-state index contributed by atoms with van der Waals surface area (Å²) in [7, 11) is 1.37. The van der Waals surface area contributed by atoms with Crippen LogP contribution in [0.5, 0.6) is 0 Å². The Morgan fingerprint density at radius 2 is 1.90 bits per heavy atom. The second kappa shape index (κ2) is 4.32. The highest BCUT2D eigenvalue weighted by Crippen LogP contribution is 2.64. The molecule has 0 aliphatic heterocycles. The minimum atomic E-state index is -0.928. The average Bonchev–Trinajstić information content (AvgIpc) is 2.33. The van der Waals surface area contributed by atoms with E-state index in [1.807, 2.05) is 0 Å². The van der Waals surface area contributed by atoms with Gasteiger partial charge < -0.3 is 14.6 Å². The summed E-state index contributed by atoms with van der Waals surface area (Å²) in [5.41, 5.74) is -2.05. The van der Waals surface area contributed by atoms with E-state index >= 15 is 0 Å². The van der Waals surface area contributed by atoms with E-state index in [1.165, 1.54) is 7.11 Å². The molecule has 5 heteroatoms. The van der Waals surface area contributed by atoms with Crippen molar-refractivity contribution in [3.8, 4) is 0 Å².